The first-order chi connectivity index (χ1) is 8.34. The lowest BCUT2D eigenvalue weighted by atomic mass is 9.97. The van der Waals surface area contributed by atoms with Crippen LogP contribution in [0.1, 0.15) is 30.4 Å². The molecule has 1 heterocycles. The lowest BCUT2D eigenvalue weighted by molar-refractivity contribution is 0.711. The highest BCUT2D eigenvalue weighted by Crippen LogP contribution is 2.28. The molecule has 1 aliphatic rings. The second-order valence-corrected chi connectivity index (χ2v) is 4.74. The van der Waals surface area contributed by atoms with Crippen molar-refractivity contribution in [1.29, 1.82) is 0 Å². The van der Waals surface area contributed by atoms with Crippen LogP contribution in [-0.4, -0.2) is 10.2 Å². The molecule has 0 radical (unpaired) electrons. The smallest absolute Gasteiger partial charge is 0.126 e. The van der Waals surface area contributed by atoms with Crippen molar-refractivity contribution in [2.75, 3.05) is 5.73 Å². The number of benzene rings is 1. The molecule has 17 heavy (non-hydrogen) atoms. The summed E-state index contributed by atoms with van der Waals surface area (Å²) in [5.41, 5.74) is 11.0. The van der Waals surface area contributed by atoms with Gasteiger partial charge in [-0.05, 0) is 42.4 Å². The van der Waals surface area contributed by atoms with Crippen LogP contribution in [0.3, 0.4) is 0 Å². The van der Waals surface area contributed by atoms with Crippen LogP contribution in [0.15, 0.2) is 24.4 Å². The highest BCUT2D eigenvalue weighted by atomic mass is 15.1. The van der Waals surface area contributed by atoms with E-state index in [4.69, 9.17) is 5.73 Å². The molecule has 0 saturated heterocycles. The minimum atomic E-state index is 0.651. The van der Waals surface area contributed by atoms with E-state index < -0.39 is 0 Å². The van der Waals surface area contributed by atoms with Crippen molar-refractivity contribution in [2.45, 2.75) is 32.1 Å². The molecule has 2 aromatic rings. The van der Waals surface area contributed by atoms with E-state index in [1.165, 1.54) is 48.8 Å². The molecular formula is C14H17N3. The molecule has 0 unspecified atom stereocenters. The number of aryl methyl sites for hydroxylation is 2. The standard InChI is InChI=1S/C14H17N3/c15-14-13(9-16-17-14)12-7-6-10-4-2-1-3-5-11(10)8-12/h6-9H,1-5H2,(H3,15,16,17). The van der Waals surface area contributed by atoms with Gasteiger partial charge in [-0.3, -0.25) is 5.10 Å². The van der Waals surface area contributed by atoms with E-state index in [2.05, 4.69) is 28.4 Å². The van der Waals surface area contributed by atoms with Crippen LogP contribution in [0.2, 0.25) is 0 Å². The number of nitrogens with zero attached hydrogens (tertiary/aromatic N) is 1. The van der Waals surface area contributed by atoms with E-state index in [1.807, 2.05) is 0 Å². The van der Waals surface area contributed by atoms with Crippen molar-refractivity contribution in [2.24, 2.45) is 0 Å². The highest BCUT2D eigenvalue weighted by Gasteiger charge is 2.11. The van der Waals surface area contributed by atoms with Crippen molar-refractivity contribution < 1.29 is 0 Å². The van der Waals surface area contributed by atoms with Gasteiger partial charge in [-0.15, -0.1) is 0 Å². The Morgan fingerprint density at radius 2 is 1.88 bits per heavy atom. The van der Waals surface area contributed by atoms with Gasteiger partial charge in [-0.1, -0.05) is 24.6 Å². The molecule has 3 N–H and O–H groups in total. The lowest BCUT2D eigenvalue weighted by Gasteiger charge is -2.08. The molecule has 0 fully saturated rings. The maximum atomic E-state index is 5.86. The molecule has 0 spiro atoms. The number of rotatable bonds is 1. The van der Waals surface area contributed by atoms with E-state index in [1.54, 1.807) is 6.20 Å². The Balaban J connectivity index is 2.03. The third kappa shape index (κ3) is 1.93. The normalized spacial score (nSPS) is 15.3. The predicted molar refractivity (Wildman–Crippen MR) is 69.7 cm³/mol. The maximum Gasteiger partial charge on any atom is 0.126 e. The van der Waals surface area contributed by atoms with Crippen molar-refractivity contribution in [3.8, 4) is 11.1 Å². The summed E-state index contributed by atoms with van der Waals surface area (Å²) in [4.78, 5) is 0. The van der Waals surface area contributed by atoms with Crippen LogP contribution in [0.5, 0.6) is 0 Å². The maximum absolute atomic E-state index is 5.86. The van der Waals surface area contributed by atoms with Gasteiger partial charge in [0.05, 0.1) is 6.20 Å². The van der Waals surface area contributed by atoms with Crippen LogP contribution in [-0.2, 0) is 12.8 Å². The highest BCUT2D eigenvalue weighted by molar-refractivity contribution is 5.73. The molecule has 1 aromatic carbocycles. The largest absolute Gasteiger partial charge is 0.384 e. The van der Waals surface area contributed by atoms with E-state index in [9.17, 15) is 0 Å². The summed E-state index contributed by atoms with van der Waals surface area (Å²) in [6.07, 6.45) is 8.18. The Labute approximate surface area is 101 Å². The zero-order valence-electron chi connectivity index (χ0n) is 9.87. The van der Waals surface area contributed by atoms with Crippen molar-refractivity contribution in [3.05, 3.63) is 35.5 Å². The Morgan fingerprint density at radius 1 is 1.06 bits per heavy atom. The molecule has 3 heteroatoms. The van der Waals surface area contributed by atoms with Crippen LogP contribution >= 0.6 is 0 Å². The fourth-order valence-electron chi connectivity index (χ4n) is 2.60. The summed E-state index contributed by atoms with van der Waals surface area (Å²) in [7, 11) is 0. The summed E-state index contributed by atoms with van der Waals surface area (Å²) in [6.45, 7) is 0. The van der Waals surface area contributed by atoms with Gasteiger partial charge < -0.3 is 5.73 Å². The van der Waals surface area contributed by atoms with E-state index in [0.29, 0.717) is 5.82 Å². The summed E-state index contributed by atoms with van der Waals surface area (Å²) in [5.74, 6) is 0.651. The van der Waals surface area contributed by atoms with Crippen molar-refractivity contribution >= 4 is 5.82 Å². The van der Waals surface area contributed by atoms with Gasteiger partial charge in [-0.25, -0.2) is 0 Å². The quantitative estimate of drug-likeness (QED) is 0.736. The minimum Gasteiger partial charge on any atom is -0.384 e. The van der Waals surface area contributed by atoms with E-state index in [-0.39, 0.29) is 0 Å². The molecule has 3 rings (SSSR count). The topological polar surface area (TPSA) is 54.7 Å². The van der Waals surface area contributed by atoms with Gasteiger partial charge in [0.1, 0.15) is 5.82 Å². The average Bonchev–Trinajstić information content (AvgIpc) is 2.64. The number of H-pyrrole nitrogens is 1. The number of aromatic amines is 1. The number of hydrogen-bond acceptors (Lipinski definition) is 2. The van der Waals surface area contributed by atoms with Gasteiger partial charge in [0.2, 0.25) is 0 Å². The number of hydrogen-bond donors (Lipinski definition) is 2. The van der Waals surface area contributed by atoms with Crippen molar-refractivity contribution in [3.63, 3.8) is 0 Å². The van der Waals surface area contributed by atoms with Crippen LogP contribution in [0.25, 0.3) is 11.1 Å². The Bertz CT molecular complexity index is 528. The third-order valence-corrected chi connectivity index (χ3v) is 3.58. The molecule has 0 bridgehead atoms. The molecule has 0 saturated carbocycles. The summed E-state index contributed by atoms with van der Waals surface area (Å²) in [6, 6.07) is 6.69. The minimum absolute atomic E-state index is 0.651. The summed E-state index contributed by atoms with van der Waals surface area (Å²) in [5, 5.41) is 6.77. The Morgan fingerprint density at radius 3 is 2.65 bits per heavy atom. The first-order valence-corrected chi connectivity index (χ1v) is 6.25. The molecule has 0 aliphatic heterocycles. The van der Waals surface area contributed by atoms with Crippen LogP contribution in [0, 0.1) is 0 Å². The number of nitrogens with one attached hydrogen (secondary N) is 1. The lowest BCUT2D eigenvalue weighted by Crippen LogP contribution is -1.93. The zero-order valence-corrected chi connectivity index (χ0v) is 9.87. The monoisotopic (exact) mass is 227 g/mol. The first kappa shape index (κ1) is 10.4. The molecule has 0 atom stereocenters. The molecule has 1 aromatic heterocycles. The van der Waals surface area contributed by atoms with E-state index >= 15 is 0 Å². The van der Waals surface area contributed by atoms with Gasteiger partial charge in [-0.2, -0.15) is 5.10 Å². The predicted octanol–water partition coefficient (Wildman–Crippen LogP) is 2.93. The van der Waals surface area contributed by atoms with Crippen LogP contribution < -0.4 is 5.73 Å². The van der Waals surface area contributed by atoms with Gasteiger partial charge in [0.15, 0.2) is 0 Å². The number of aromatic nitrogens is 2. The number of nitrogen functional groups attached to an aromatic ring is 1. The van der Waals surface area contributed by atoms with E-state index in [0.717, 1.165) is 5.56 Å². The molecule has 3 nitrogen and oxygen atoms in total. The van der Waals surface area contributed by atoms with Crippen molar-refractivity contribution in [1.82, 2.24) is 10.2 Å². The summed E-state index contributed by atoms with van der Waals surface area (Å²) < 4.78 is 0. The number of nitrogens with two attached hydrogens (primary N) is 1. The van der Waals surface area contributed by atoms with Gasteiger partial charge in [0.25, 0.3) is 0 Å². The second-order valence-electron chi connectivity index (χ2n) is 4.74. The molecule has 88 valence electrons. The second kappa shape index (κ2) is 4.24. The first-order valence-electron chi connectivity index (χ1n) is 6.25. The summed E-state index contributed by atoms with van der Waals surface area (Å²) >= 11 is 0. The number of fused-ring (bicyclic) bond motifs is 1. The van der Waals surface area contributed by atoms with Gasteiger partial charge in [0, 0.05) is 5.56 Å². The SMILES string of the molecule is Nc1[nH]ncc1-c1ccc2c(c1)CCCCC2. The molecule has 0 amide bonds. The zero-order chi connectivity index (χ0) is 11.7. The third-order valence-electron chi connectivity index (χ3n) is 3.58. The number of anilines is 1. The van der Waals surface area contributed by atoms with Gasteiger partial charge >= 0.3 is 0 Å². The van der Waals surface area contributed by atoms with Crippen LogP contribution in [0.4, 0.5) is 5.82 Å². The fraction of sp³-hybridized carbons (Fsp3) is 0.357. The Hall–Kier alpha value is -1.77. The Kier molecular flexibility index (Phi) is 2.59. The molecule has 1 aliphatic carbocycles. The molecular weight excluding hydrogens is 210 g/mol. The fourth-order valence-corrected chi connectivity index (χ4v) is 2.60. The average molecular weight is 227 g/mol.